The first-order valence-electron chi connectivity index (χ1n) is 5.92. The van der Waals surface area contributed by atoms with Gasteiger partial charge in [-0.1, -0.05) is 18.2 Å². The molecule has 0 heterocycles. The molecule has 0 aromatic heterocycles. The molecule has 4 heteroatoms. The maximum absolute atomic E-state index is 14.1. The van der Waals surface area contributed by atoms with E-state index < -0.39 is 11.6 Å². The molecule has 100 valence electrons. The Morgan fingerprint density at radius 2 is 1.89 bits per heavy atom. The van der Waals surface area contributed by atoms with Crippen molar-refractivity contribution in [2.75, 3.05) is 7.05 Å². The molecule has 0 bridgehead atoms. The van der Waals surface area contributed by atoms with Crippen LogP contribution in [0, 0.1) is 18.6 Å². The highest BCUT2D eigenvalue weighted by atomic mass is 79.9. The normalized spacial score (nSPS) is 10.8. The van der Waals surface area contributed by atoms with Crippen molar-refractivity contribution in [1.82, 2.24) is 5.32 Å². The Bertz CT molecular complexity index is 611. The lowest BCUT2D eigenvalue weighted by Gasteiger charge is -2.11. The molecule has 0 saturated heterocycles. The van der Waals surface area contributed by atoms with Crippen molar-refractivity contribution in [2.24, 2.45) is 0 Å². The van der Waals surface area contributed by atoms with E-state index >= 15 is 0 Å². The average molecular weight is 326 g/mol. The van der Waals surface area contributed by atoms with Gasteiger partial charge in [0.25, 0.3) is 0 Å². The minimum atomic E-state index is -0.565. The van der Waals surface area contributed by atoms with Crippen LogP contribution >= 0.6 is 15.9 Å². The summed E-state index contributed by atoms with van der Waals surface area (Å²) in [4.78, 5) is 0. The largest absolute Gasteiger partial charge is 0.316 e. The molecular weight excluding hydrogens is 312 g/mol. The van der Waals surface area contributed by atoms with Crippen LogP contribution in [-0.2, 0) is 6.54 Å². The molecule has 0 aliphatic rings. The molecule has 0 aliphatic carbocycles. The molecule has 1 N–H and O–H groups in total. The lowest BCUT2D eigenvalue weighted by molar-refractivity contribution is 0.585. The molecule has 2 rings (SSSR count). The molecule has 19 heavy (non-hydrogen) atoms. The van der Waals surface area contributed by atoms with Crippen molar-refractivity contribution in [3.05, 3.63) is 57.6 Å². The zero-order valence-electron chi connectivity index (χ0n) is 10.7. The summed E-state index contributed by atoms with van der Waals surface area (Å²) in [7, 11) is 1.86. The Kier molecular flexibility index (Phi) is 4.32. The molecule has 0 amide bonds. The van der Waals surface area contributed by atoms with Gasteiger partial charge < -0.3 is 5.32 Å². The van der Waals surface area contributed by atoms with E-state index in [0.717, 1.165) is 17.7 Å². The van der Waals surface area contributed by atoms with E-state index in [2.05, 4.69) is 21.2 Å². The van der Waals surface area contributed by atoms with Gasteiger partial charge in [-0.3, -0.25) is 0 Å². The van der Waals surface area contributed by atoms with E-state index in [1.807, 2.05) is 26.1 Å². The summed E-state index contributed by atoms with van der Waals surface area (Å²) in [6.07, 6.45) is 0. The Hall–Kier alpha value is -1.26. The first kappa shape index (κ1) is 14.2. The summed E-state index contributed by atoms with van der Waals surface area (Å²) in [5.74, 6) is -1.12. The SMILES string of the molecule is CNCc1ccc(-c2c(F)ccc(Br)c2F)c(C)c1. The number of benzene rings is 2. The minimum Gasteiger partial charge on any atom is -0.316 e. The van der Waals surface area contributed by atoms with Gasteiger partial charge in [-0.2, -0.15) is 0 Å². The Labute approximate surface area is 119 Å². The van der Waals surface area contributed by atoms with Crippen molar-refractivity contribution < 1.29 is 8.78 Å². The molecule has 2 aromatic rings. The topological polar surface area (TPSA) is 12.0 Å². The quantitative estimate of drug-likeness (QED) is 0.823. The van der Waals surface area contributed by atoms with Crippen molar-refractivity contribution in [3.63, 3.8) is 0 Å². The van der Waals surface area contributed by atoms with Gasteiger partial charge in [0.1, 0.15) is 11.6 Å². The van der Waals surface area contributed by atoms with Crippen molar-refractivity contribution >= 4 is 15.9 Å². The van der Waals surface area contributed by atoms with Crippen LogP contribution in [0.25, 0.3) is 11.1 Å². The van der Waals surface area contributed by atoms with Crippen molar-refractivity contribution in [2.45, 2.75) is 13.5 Å². The third-order valence-electron chi connectivity index (χ3n) is 2.99. The second-order valence-corrected chi connectivity index (χ2v) is 5.25. The molecule has 2 aromatic carbocycles. The summed E-state index contributed by atoms with van der Waals surface area (Å²) in [6.45, 7) is 2.58. The van der Waals surface area contributed by atoms with E-state index in [-0.39, 0.29) is 10.0 Å². The highest BCUT2D eigenvalue weighted by Gasteiger charge is 2.16. The number of hydrogen-bond acceptors (Lipinski definition) is 1. The van der Waals surface area contributed by atoms with Crippen LogP contribution in [0.1, 0.15) is 11.1 Å². The monoisotopic (exact) mass is 325 g/mol. The molecule has 0 fully saturated rings. The first-order chi connectivity index (χ1) is 9.04. The van der Waals surface area contributed by atoms with E-state index in [4.69, 9.17) is 0 Å². The third kappa shape index (κ3) is 2.85. The first-order valence-corrected chi connectivity index (χ1v) is 6.72. The Balaban J connectivity index is 2.57. The second kappa shape index (κ2) is 5.80. The number of aryl methyl sites for hydroxylation is 1. The molecular formula is C15H14BrF2N. The lowest BCUT2D eigenvalue weighted by Crippen LogP contribution is -2.05. The highest BCUT2D eigenvalue weighted by Crippen LogP contribution is 2.32. The van der Waals surface area contributed by atoms with Crippen LogP contribution in [0.5, 0.6) is 0 Å². The minimum absolute atomic E-state index is 0.0166. The van der Waals surface area contributed by atoms with Gasteiger partial charge in [0.2, 0.25) is 0 Å². The summed E-state index contributed by atoms with van der Waals surface area (Å²) >= 11 is 3.09. The standard InChI is InChI=1S/C15H14BrF2N/c1-9-7-10(8-19-2)3-4-11(9)14-13(17)6-5-12(16)15(14)18/h3-7,19H,8H2,1-2H3. The van der Waals surface area contributed by atoms with E-state index in [0.29, 0.717) is 5.56 Å². The van der Waals surface area contributed by atoms with Crippen LogP contribution in [0.2, 0.25) is 0 Å². The van der Waals surface area contributed by atoms with Crippen LogP contribution in [0.4, 0.5) is 8.78 Å². The van der Waals surface area contributed by atoms with Gasteiger partial charge in [0.05, 0.1) is 10.0 Å². The summed E-state index contributed by atoms with van der Waals surface area (Å²) in [6, 6.07) is 8.21. The third-order valence-corrected chi connectivity index (χ3v) is 3.60. The van der Waals surface area contributed by atoms with E-state index in [1.165, 1.54) is 12.1 Å². The van der Waals surface area contributed by atoms with Crippen LogP contribution in [0.3, 0.4) is 0 Å². The number of nitrogens with one attached hydrogen (secondary N) is 1. The predicted octanol–water partition coefficient (Wildman–Crippen LogP) is 4.42. The average Bonchev–Trinajstić information content (AvgIpc) is 2.37. The molecule has 0 aliphatic heterocycles. The Morgan fingerprint density at radius 3 is 2.53 bits per heavy atom. The molecule has 0 saturated carbocycles. The smallest absolute Gasteiger partial charge is 0.148 e. The lowest BCUT2D eigenvalue weighted by atomic mass is 9.97. The summed E-state index contributed by atoms with van der Waals surface area (Å²) in [5.41, 5.74) is 2.53. The maximum Gasteiger partial charge on any atom is 0.148 e. The van der Waals surface area contributed by atoms with Crippen molar-refractivity contribution in [3.8, 4) is 11.1 Å². The van der Waals surface area contributed by atoms with Gasteiger partial charge in [-0.15, -0.1) is 0 Å². The summed E-state index contributed by atoms with van der Waals surface area (Å²) < 4.78 is 28.2. The molecule has 1 nitrogen and oxygen atoms in total. The number of rotatable bonds is 3. The molecule has 0 atom stereocenters. The van der Waals surface area contributed by atoms with Gasteiger partial charge in [-0.25, -0.2) is 8.78 Å². The van der Waals surface area contributed by atoms with Crippen LogP contribution in [-0.4, -0.2) is 7.05 Å². The van der Waals surface area contributed by atoms with Gasteiger partial charge in [-0.05, 0) is 58.7 Å². The van der Waals surface area contributed by atoms with E-state index in [9.17, 15) is 8.78 Å². The maximum atomic E-state index is 14.1. The zero-order chi connectivity index (χ0) is 14.0. The zero-order valence-corrected chi connectivity index (χ0v) is 12.3. The molecule has 0 unspecified atom stereocenters. The van der Waals surface area contributed by atoms with Gasteiger partial charge in [0.15, 0.2) is 0 Å². The highest BCUT2D eigenvalue weighted by molar-refractivity contribution is 9.10. The molecule has 0 spiro atoms. The van der Waals surface area contributed by atoms with Gasteiger partial charge in [0, 0.05) is 6.54 Å². The summed E-state index contributed by atoms with van der Waals surface area (Å²) in [5, 5.41) is 3.05. The second-order valence-electron chi connectivity index (χ2n) is 4.40. The van der Waals surface area contributed by atoms with E-state index in [1.54, 1.807) is 6.07 Å². The Morgan fingerprint density at radius 1 is 1.16 bits per heavy atom. The molecule has 0 radical (unpaired) electrons. The fourth-order valence-corrected chi connectivity index (χ4v) is 2.42. The van der Waals surface area contributed by atoms with Crippen LogP contribution < -0.4 is 5.32 Å². The fraction of sp³-hybridized carbons (Fsp3) is 0.200. The van der Waals surface area contributed by atoms with Gasteiger partial charge >= 0.3 is 0 Å². The number of hydrogen-bond donors (Lipinski definition) is 1. The predicted molar refractivity (Wildman–Crippen MR) is 77.0 cm³/mol. The fourth-order valence-electron chi connectivity index (χ4n) is 2.09. The number of halogens is 3. The van der Waals surface area contributed by atoms with Crippen molar-refractivity contribution in [1.29, 1.82) is 0 Å². The van der Waals surface area contributed by atoms with Crippen LogP contribution in [0.15, 0.2) is 34.8 Å².